The van der Waals surface area contributed by atoms with Crippen LogP contribution in [0.1, 0.15) is 44.7 Å². The number of hydrogen-bond donors (Lipinski definition) is 0. The molecule has 0 bridgehead atoms. The Labute approximate surface area is 149 Å². The molecule has 0 aliphatic rings. The molecule has 0 spiro atoms. The van der Waals surface area contributed by atoms with Gasteiger partial charge in [0.25, 0.3) is 0 Å². The van der Waals surface area contributed by atoms with Crippen molar-refractivity contribution in [3.05, 3.63) is 53.6 Å². The quantitative estimate of drug-likeness (QED) is 0.427. The van der Waals surface area contributed by atoms with Crippen LogP contribution in [-0.2, 0) is 4.57 Å². The van der Waals surface area contributed by atoms with E-state index in [1.807, 2.05) is 13.8 Å². The molecule has 0 fully saturated rings. The van der Waals surface area contributed by atoms with Gasteiger partial charge in [-0.2, -0.15) is 0 Å². The van der Waals surface area contributed by atoms with Gasteiger partial charge in [-0.1, -0.05) is 57.5 Å². The lowest BCUT2D eigenvalue weighted by Crippen LogP contribution is -1.98. The maximum atomic E-state index is 8.90. The van der Waals surface area contributed by atoms with E-state index in [0.717, 1.165) is 18.8 Å². The SMILES string of the molecule is CC.CCCCOc1cc(C)c(-c2ccccc2)c(C)c1.CP=O. The lowest BCUT2D eigenvalue weighted by atomic mass is 9.95. The van der Waals surface area contributed by atoms with Crippen molar-refractivity contribution in [3.8, 4) is 16.9 Å². The predicted molar refractivity (Wildman–Crippen MR) is 107 cm³/mol. The van der Waals surface area contributed by atoms with Crippen LogP contribution >= 0.6 is 8.46 Å². The van der Waals surface area contributed by atoms with Gasteiger partial charge in [0.05, 0.1) is 6.61 Å². The molecular weight excluding hydrogens is 315 g/mol. The fourth-order valence-electron chi connectivity index (χ4n) is 2.40. The second kappa shape index (κ2) is 13.7. The molecule has 0 amide bonds. The average Bonchev–Trinajstić information content (AvgIpc) is 2.58. The van der Waals surface area contributed by atoms with E-state index in [9.17, 15) is 0 Å². The van der Waals surface area contributed by atoms with Gasteiger partial charge in [-0.05, 0) is 54.7 Å². The van der Waals surface area contributed by atoms with Crippen LogP contribution in [0.25, 0.3) is 11.1 Å². The molecule has 0 radical (unpaired) electrons. The first kappa shape index (κ1) is 22.3. The molecule has 0 aliphatic carbocycles. The summed E-state index contributed by atoms with van der Waals surface area (Å²) in [6, 6.07) is 14.8. The van der Waals surface area contributed by atoms with Crippen molar-refractivity contribution in [3.63, 3.8) is 0 Å². The summed E-state index contributed by atoms with van der Waals surface area (Å²) in [6.45, 7) is 12.8. The Morgan fingerprint density at radius 1 is 1.00 bits per heavy atom. The van der Waals surface area contributed by atoms with Gasteiger partial charge in [0.2, 0.25) is 0 Å². The van der Waals surface area contributed by atoms with Gasteiger partial charge in [-0.25, -0.2) is 0 Å². The highest BCUT2D eigenvalue weighted by molar-refractivity contribution is 7.22. The van der Waals surface area contributed by atoms with Crippen LogP contribution in [0.15, 0.2) is 42.5 Å². The van der Waals surface area contributed by atoms with Crippen molar-refractivity contribution in [2.75, 3.05) is 13.3 Å². The van der Waals surface area contributed by atoms with Crippen molar-refractivity contribution >= 4 is 8.46 Å². The molecule has 24 heavy (non-hydrogen) atoms. The second-order valence-electron chi connectivity index (χ2n) is 5.18. The van der Waals surface area contributed by atoms with Gasteiger partial charge in [-0.3, -0.25) is 4.57 Å². The first-order valence-electron chi connectivity index (χ1n) is 8.65. The molecule has 2 aromatic rings. The van der Waals surface area contributed by atoms with E-state index < -0.39 is 0 Å². The first-order valence-corrected chi connectivity index (χ1v) is 9.90. The molecule has 2 aromatic carbocycles. The highest BCUT2D eigenvalue weighted by Gasteiger charge is 2.07. The summed E-state index contributed by atoms with van der Waals surface area (Å²) in [5.41, 5.74) is 5.15. The van der Waals surface area contributed by atoms with E-state index in [1.165, 1.54) is 28.7 Å². The summed E-state index contributed by atoms with van der Waals surface area (Å²) in [7, 11) is 0.167. The molecule has 2 rings (SSSR count). The number of aryl methyl sites for hydroxylation is 2. The number of ether oxygens (including phenoxy) is 1. The summed E-state index contributed by atoms with van der Waals surface area (Å²) in [6.07, 6.45) is 2.28. The van der Waals surface area contributed by atoms with Gasteiger partial charge >= 0.3 is 0 Å². The minimum absolute atomic E-state index is 0.167. The Morgan fingerprint density at radius 2 is 1.50 bits per heavy atom. The topological polar surface area (TPSA) is 26.3 Å². The molecule has 0 saturated heterocycles. The highest BCUT2D eigenvalue weighted by Crippen LogP contribution is 2.30. The van der Waals surface area contributed by atoms with E-state index in [-0.39, 0.29) is 8.46 Å². The standard InChI is InChI=1S/C18H22O.C2H6.CH3OP/c1-4-5-11-19-17-12-14(2)18(15(3)13-17)16-9-7-6-8-10-16;1-2;1-3-2/h6-10,12-13H,4-5,11H2,1-3H3;1-2H3;1H3. The number of rotatable bonds is 5. The Balaban J connectivity index is 0.000000952. The zero-order valence-corrected chi connectivity index (χ0v) is 16.8. The number of unbranched alkanes of at least 4 members (excludes halogenated alkanes) is 1. The van der Waals surface area contributed by atoms with Gasteiger partial charge in [0, 0.05) is 6.66 Å². The Kier molecular flexibility index (Phi) is 12.8. The van der Waals surface area contributed by atoms with E-state index in [2.05, 4.69) is 63.2 Å². The summed E-state index contributed by atoms with van der Waals surface area (Å²) >= 11 is 0. The Hall–Kier alpha value is -1.66. The fourth-order valence-corrected chi connectivity index (χ4v) is 2.40. The van der Waals surface area contributed by atoms with Crippen LogP contribution in [0.5, 0.6) is 5.75 Å². The lowest BCUT2D eigenvalue weighted by molar-refractivity contribution is 0.309. The van der Waals surface area contributed by atoms with E-state index >= 15 is 0 Å². The first-order chi connectivity index (χ1) is 11.6. The van der Waals surface area contributed by atoms with Crippen molar-refractivity contribution < 1.29 is 9.30 Å². The maximum absolute atomic E-state index is 8.90. The summed E-state index contributed by atoms with van der Waals surface area (Å²) in [5.74, 6) is 0.989. The van der Waals surface area contributed by atoms with Gasteiger partial charge in [0.1, 0.15) is 5.75 Å². The Bertz CT molecular complexity index is 557. The molecule has 0 heterocycles. The largest absolute Gasteiger partial charge is 0.494 e. The van der Waals surface area contributed by atoms with E-state index in [4.69, 9.17) is 9.30 Å². The third kappa shape index (κ3) is 7.75. The predicted octanol–water partition coefficient (Wildman–Crippen LogP) is 7.08. The van der Waals surface area contributed by atoms with Crippen molar-refractivity contribution in [2.24, 2.45) is 0 Å². The van der Waals surface area contributed by atoms with E-state index in [1.54, 1.807) is 6.66 Å². The van der Waals surface area contributed by atoms with Crippen LogP contribution in [0, 0.1) is 13.8 Å². The summed E-state index contributed by atoms with van der Waals surface area (Å²) in [4.78, 5) is 0. The van der Waals surface area contributed by atoms with Crippen molar-refractivity contribution in [2.45, 2.75) is 47.5 Å². The van der Waals surface area contributed by atoms with Crippen LogP contribution in [0.3, 0.4) is 0 Å². The zero-order chi connectivity index (χ0) is 18.4. The smallest absolute Gasteiger partial charge is 0.151 e. The minimum Gasteiger partial charge on any atom is -0.494 e. The van der Waals surface area contributed by atoms with Crippen molar-refractivity contribution in [1.82, 2.24) is 0 Å². The summed E-state index contributed by atoms with van der Waals surface area (Å²) < 4.78 is 14.7. The van der Waals surface area contributed by atoms with Crippen LogP contribution in [0.2, 0.25) is 0 Å². The van der Waals surface area contributed by atoms with Crippen LogP contribution in [-0.4, -0.2) is 13.3 Å². The molecule has 0 aliphatic heterocycles. The normalized spacial score (nSPS) is 9.42. The maximum Gasteiger partial charge on any atom is 0.151 e. The molecular formula is C21H31O2P. The lowest BCUT2D eigenvalue weighted by Gasteiger charge is -2.13. The van der Waals surface area contributed by atoms with E-state index in [0.29, 0.717) is 0 Å². The number of benzene rings is 2. The van der Waals surface area contributed by atoms with Crippen LogP contribution < -0.4 is 4.74 Å². The molecule has 0 N–H and O–H groups in total. The van der Waals surface area contributed by atoms with Gasteiger partial charge in [-0.15, -0.1) is 0 Å². The molecule has 0 unspecified atom stereocenters. The molecule has 0 saturated carbocycles. The summed E-state index contributed by atoms with van der Waals surface area (Å²) in [5, 5.41) is 0. The monoisotopic (exact) mass is 346 g/mol. The molecule has 0 atom stereocenters. The van der Waals surface area contributed by atoms with Gasteiger partial charge in [0.15, 0.2) is 8.46 Å². The third-order valence-corrected chi connectivity index (χ3v) is 3.34. The average molecular weight is 346 g/mol. The minimum atomic E-state index is 0.167. The second-order valence-corrected chi connectivity index (χ2v) is 5.55. The van der Waals surface area contributed by atoms with Gasteiger partial charge < -0.3 is 4.74 Å². The number of hydrogen-bond acceptors (Lipinski definition) is 2. The molecule has 0 aromatic heterocycles. The molecule has 2 nitrogen and oxygen atoms in total. The highest BCUT2D eigenvalue weighted by atomic mass is 31.1. The fraction of sp³-hybridized carbons (Fsp3) is 0.429. The van der Waals surface area contributed by atoms with Crippen LogP contribution in [0.4, 0.5) is 0 Å². The molecule has 132 valence electrons. The zero-order valence-electron chi connectivity index (χ0n) is 15.9. The Morgan fingerprint density at radius 3 is 1.96 bits per heavy atom. The van der Waals surface area contributed by atoms with Crippen molar-refractivity contribution in [1.29, 1.82) is 0 Å². The third-order valence-electron chi connectivity index (χ3n) is 3.34. The molecule has 3 heteroatoms.